The van der Waals surface area contributed by atoms with Crippen LogP contribution >= 0.6 is 11.6 Å². The minimum atomic E-state index is 0.322. The Kier molecular flexibility index (Phi) is 3.85. The van der Waals surface area contributed by atoms with E-state index in [1.165, 1.54) is 12.8 Å². The Hall–Kier alpha value is 0.250. The van der Waals surface area contributed by atoms with Gasteiger partial charge in [-0.15, -0.1) is 11.6 Å². The molecule has 0 amide bonds. The zero-order valence-corrected chi connectivity index (χ0v) is 8.86. The molecular formula is C10H19ClO. The van der Waals surface area contributed by atoms with Crippen LogP contribution in [0.2, 0.25) is 0 Å². The van der Waals surface area contributed by atoms with Crippen molar-refractivity contribution in [3.8, 4) is 0 Å². The standard InChI is InChI=1S/C10H19ClO/c1-3-7-12-8-6-10(4-5-10)9(2)11/h9H,3-8H2,1-2H3. The van der Waals surface area contributed by atoms with Crippen molar-refractivity contribution in [3.63, 3.8) is 0 Å². The van der Waals surface area contributed by atoms with Crippen LogP contribution in [0.25, 0.3) is 0 Å². The molecule has 0 N–H and O–H groups in total. The lowest BCUT2D eigenvalue weighted by atomic mass is 9.99. The predicted molar refractivity (Wildman–Crippen MR) is 52.7 cm³/mol. The molecule has 0 aliphatic heterocycles. The Labute approximate surface area is 80.4 Å². The summed E-state index contributed by atoms with van der Waals surface area (Å²) in [6, 6.07) is 0. The van der Waals surface area contributed by atoms with Crippen LogP contribution in [0.4, 0.5) is 0 Å². The van der Waals surface area contributed by atoms with Gasteiger partial charge in [0.2, 0.25) is 0 Å². The van der Waals surface area contributed by atoms with Gasteiger partial charge in [-0.25, -0.2) is 0 Å². The third kappa shape index (κ3) is 2.63. The molecule has 72 valence electrons. The van der Waals surface area contributed by atoms with E-state index in [4.69, 9.17) is 16.3 Å². The molecule has 0 aromatic rings. The monoisotopic (exact) mass is 190 g/mol. The van der Waals surface area contributed by atoms with Gasteiger partial charge in [-0.1, -0.05) is 6.92 Å². The highest BCUT2D eigenvalue weighted by Crippen LogP contribution is 2.53. The number of hydrogen-bond acceptors (Lipinski definition) is 1. The van der Waals surface area contributed by atoms with Crippen molar-refractivity contribution in [2.75, 3.05) is 13.2 Å². The van der Waals surface area contributed by atoms with Gasteiger partial charge in [0.25, 0.3) is 0 Å². The first-order chi connectivity index (χ1) is 5.71. The molecule has 1 saturated carbocycles. The number of rotatable bonds is 6. The summed E-state index contributed by atoms with van der Waals surface area (Å²) in [5.41, 5.74) is 0.440. The van der Waals surface area contributed by atoms with Crippen LogP contribution < -0.4 is 0 Å². The van der Waals surface area contributed by atoms with Crippen LogP contribution in [0.1, 0.15) is 39.5 Å². The van der Waals surface area contributed by atoms with Gasteiger partial charge in [-0.05, 0) is 38.0 Å². The first-order valence-electron chi connectivity index (χ1n) is 4.93. The van der Waals surface area contributed by atoms with Crippen LogP contribution in [0, 0.1) is 5.41 Å². The van der Waals surface area contributed by atoms with Crippen molar-refractivity contribution in [1.82, 2.24) is 0 Å². The third-order valence-corrected chi connectivity index (χ3v) is 3.29. The number of halogens is 1. The largest absolute Gasteiger partial charge is 0.381 e. The molecule has 0 heterocycles. The lowest BCUT2D eigenvalue weighted by molar-refractivity contribution is 0.117. The Morgan fingerprint density at radius 1 is 1.42 bits per heavy atom. The van der Waals surface area contributed by atoms with Crippen molar-refractivity contribution < 1.29 is 4.74 Å². The van der Waals surface area contributed by atoms with Gasteiger partial charge < -0.3 is 4.74 Å². The maximum atomic E-state index is 6.09. The molecule has 1 unspecified atom stereocenters. The summed E-state index contributed by atoms with van der Waals surface area (Å²) in [5, 5.41) is 0.322. The highest BCUT2D eigenvalue weighted by atomic mass is 35.5. The van der Waals surface area contributed by atoms with E-state index in [0.717, 1.165) is 26.1 Å². The van der Waals surface area contributed by atoms with Crippen LogP contribution in [-0.2, 0) is 4.74 Å². The van der Waals surface area contributed by atoms with E-state index in [1.54, 1.807) is 0 Å². The molecule has 1 nitrogen and oxygen atoms in total. The first-order valence-corrected chi connectivity index (χ1v) is 5.37. The summed E-state index contributed by atoms with van der Waals surface area (Å²) in [6.07, 6.45) is 4.86. The fourth-order valence-electron chi connectivity index (χ4n) is 1.53. The molecule has 0 aromatic carbocycles. The minimum absolute atomic E-state index is 0.322. The van der Waals surface area contributed by atoms with E-state index in [9.17, 15) is 0 Å². The van der Waals surface area contributed by atoms with Crippen molar-refractivity contribution in [1.29, 1.82) is 0 Å². The summed E-state index contributed by atoms with van der Waals surface area (Å²) in [6.45, 7) is 6.03. The molecule has 1 aliphatic carbocycles. The average Bonchev–Trinajstić information content (AvgIpc) is 2.79. The molecular weight excluding hydrogens is 172 g/mol. The normalized spacial score (nSPS) is 22.2. The van der Waals surface area contributed by atoms with Crippen molar-refractivity contribution >= 4 is 11.6 Å². The molecule has 0 radical (unpaired) electrons. The molecule has 1 fully saturated rings. The molecule has 1 rings (SSSR count). The Bertz CT molecular complexity index is 130. The maximum Gasteiger partial charge on any atom is 0.0471 e. The molecule has 1 atom stereocenters. The van der Waals surface area contributed by atoms with E-state index in [-0.39, 0.29) is 0 Å². The molecule has 12 heavy (non-hydrogen) atoms. The summed E-state index contributed by atoms with van der Waals surface area (Å²) < 4.78 is 5.45. The van der Waals surface area contributed by atoms with Gasteiger partial charge in [0, 0.05) is 18.6 Å². The SMILES string of the molecule is CCCOCCC1(C(C)Cl)CC1. The topological polar surface area (TPSA) is 9.23 Å². The van der Waals surface area contributed by atoms with E-state index in [0.29, 0.717) is 10.8 Å². The fourth-order valence-corrected chi connectivity index (χ4v) is 1.86. The van der Waals surface area contributed by atoms with Gasteiger partial charge in [0.1, 0.15) is 0 Å². The zero-order valence-electron chi connectivity index (χ0n) is 8.11. The van der Waals surface area contributed by atoms with E-state index >= 15 is 0 Å². The number of hydrogen-bond donors (Lipinski definition) is 0. The summed E-state index contributed by atoms with van der Waals surface area (Å²) in [7, 11) is 0. The average molecular weight is 191 g/mol. The lowest BCUT2D eigenvalue weighted by Gasteiger charge is -2.17. The van der Waals surface area contributed by atoms with Gasteiger partial charge >= 0.3 is 0 Å². The smallest absolute Gasteiger partial charge is 0.0471 e. The molecule has 1 aliphatic rings. The summed E-state index contributed by atoms with van der Waals surface area (Å²) in [5.74, 6) is 0. The molecule has 0 bridgehead atoms. The Morgan fingerprint density at radius 2 is 2.08 bits per heavy atom. The predicted octanol–water partition coefficient (Wildman–Crippen LogP) is 3.21. The molecule has 0 spiro atoms. The second-order valence-electron chi connectivity index (χ2n) is 3.84. The molecule has 0 aromatic heterocycles. The highest BCUT2D eigenvalue weighted by Gasteiger charge is 2.45. The summed E-state index contributed by atoms with van der Waals surface area (Å²) >= 11 is 6.09. The number of ether oxygens (including phenoxy) is 1. The second-order valence-corrected chi connectivity index (χ2v) is 4.50. The fraction of sp³-hybridized carbons (Fsp3) is 1.00. The highest BCUT2D eigenvalue weighted by molar-refractivity contribution is 6.21. The van der Waals surface area contributed by atoms with Gasteiger partial charge in [-0.2, -0.15) is 0 Å². The van der Waals surface area contributed by atoms with E-state index in [1.807, 2.05) is 0 Å². The van der Waals surface area contributed by atoms with Crippen molar-refractivity contribution in [2.24, 2.45) is 5.41 Å². The van der Waals surface area contributed by atoms with E-state index < -0.39 is 0 Å². The lowest BCUT2D eigenvalue weighted by Crippen LogP contribution is -2.15. The molecule has 2 heteroatoms. The van der Waals surface area contributed by atoms with Crippen LogP contribution in [-0.4, -0.2) is 18.6 Å². The second kappa shape index (κ2) is 4.48. The summed E-state index contributed by atoms with van der Waals surface area (Å²) in [4.78, 5) is 0. The Balaban J connectivity index is 2.06. The van der Waals surface area contributed by atoms with Gasteiger partial charge in [-0.3, -0.25) is 0 Å². The van der Waals surface area contributed by atoms with Crippen LogP contribution in [0.3, 0.4) is 0 Å². The quantitative estimate of drug-likeness (QED) is 0.462. The van der Waals surface area contributed by atoms with E-state index in [2.05, 4.69) is 13.8 Å². The zero-order chi connectivity index (χ0) is 9.03. The van der Waals surface area contributed by atoms with Crippen molar-refractivity contribution in [3.05, 3.63) is 0 Å². The minimum Gasteiger partial charge on any atom is -0.381 e. The maximum absolute atomic E-state index is 6.09. The third-order valence-electron chi connectivity index (χ3n) is 2.83. The van der Waals surface area contributed by atoms with Crippen molar-refractivity contribution in [2.45, 2.75) is 44.9 Å². The molecule has 0 saturated heterocycles. The van der Waals surface area contributed by atoms with Gasteiger partial charge in [0.15, 0.2) is 0 Å². The first kappa shape index (κ1) is 10.3. The van der Waals surface area contributed by atoms with Gasteiger partial charge in [0.05, 0.1) is 0 Å². The van der Waals surface area contributed by atoms with Crippen LogP contribution in [0.5, 0.6) is 0 Å². The van der Waals surface area contributed by atoms with Crippen LogP contribution in [0.15, 0.2) is 0 Å². The Morgan fingerprint density at radius 3 is 2.50 bits per heavy atom. The number of alkyl halides is 1.